The van der Waals surface area contributed by atoms with Crippen molar-refractivity contribution in [3.8, 4) is 11.5 Å². The van der Waals surface area contributed by atoms with E-state index in [-0.39, 0.29) is 0 Å². The Morgan fingerprint density at radius 2 is 1.92 bits per heavy atom. The van der Waals surface area contributed by atoms with E-state index in [0.717, 1.165) is 60.9 Å². The minimum absolute atomic E-state index is 0.461. The molecule has 5 rings (SSSR count). The number of rotatable bonds is 3. The fraction of sp³-hybridized carbons (Fsp3) is 0.529. The zero-order chi connectivity index (χ0) is 16.3. The average Bonchev–Trinajstić information content (AvgIpc) is 2.96. The van der Waals surface area contributed by atoms with E-state index in [1.54, 1.807) is 0 Å². The first-order valence-electron chi connectivity index (χ1n) is 8.54. The Kier molecular flexibility index (Phi) is 2.85. The van der Waals surface area contributed by atoms with Crippen LogP contribution in [-0.4, -0.2) is 20.3 Å². The highest BCUT2D eigenvalue weighted by Crippen LogP contribution is 2.42. The predicted molar refractivity (Wildman–Crippen MR) is 86.1 cm³/mol. The van der Waals surface area contributed by atoms with Gasteiger partial charge in [0, 0.05) is 11.6 Å². The van der Waals surface area contributed by atoms with E-state index in [2.05, 4.69) is 20.3 Å². The molecule has 0 bridgehead atoms. The van der Waals surface area contributed by atoms with Gasteiger partial charge in [0.05, 0.1) is 22.2 Å². The van der Waals surface area contributed by atoms with Crippen molar-refractivity contribution in [1.82, 2.24) is 20.3 Å². The number of nitrogens with zero attached hydrogens (tertiary/aromatic N) is 4. The first-order valence-corrected chi connectivity index (χ1v) is 8.54. The van der Waals surface area contributed by atoms with Crippen molar-refractivity contribution >= 4 is 11.1 Å². The predicted octanol–water partition coefficient (Wildman–Crippen LogP) is 3.19. The van der Waals surface area contributed by atoms with Crippen LogP contribution in [0.2, 0.25) is 0 Å². The molecule has 7 heteroatoms. The van der Waals surface area contributed by atoms with Gasteiger partial charge in [-0.05, 0) is 38.7 Å². The molecule has 2 fully saturated rings. The number of aromatic nitrogens is 4. The fourth-order valence-electron chi connectivity index (χ4n) is 3.64. The Hall–Kier alpha value is -2.28. The first kappa shape index (κ1) is 14.1. The monoisotopic (exact) mass is 325 g/mol. The van der Waals surface area contributed by atoms with Crippen molar-refractivity contribution in [3.63, 3.8) is 0 Å². The molecule has 3 heterocycles. The lowest BCUT2D eigenvalue weighted by Gasteiger charge is -2.17. The number of aryl methyl sites for hydroxylation is 1. The second kappa shape index (κ2) is 4.86. The van der Waals surface area contributed by atoms with Crippen molar-refractivity contribution < 1.29 is 9.05 Å². The molecular weight excluding hydrogens is 306 g/mol. The molecule has 3 aromatic heterocycles. The van der Waals surface area contributed by atoms with Crippen molar-refractivity contribution in [3.05, 3.63) is 23.3 Å². The van der Waals surface area contributed by atoms with E-state index in [1.165, 1.54) is 0 Å². The number of hydrogen-bond acceptors (Lipinski definition) is 7. The second-order valence-electron chi connectivity index (χ2n) is 7.10. The summed E-state index contributed by atoms with van der Waals surface area (Å²) in [6, 6.07) is 2.04. The number of pyridine rings is 1. The molecule has 7 nitrogen and oxygen atoms in total. The Morgan fingerprint density at radius 3 is 2.67 bits per heavy atom. The van der Waals surface area contributed by atoms with Gasteiger partial charge in [-0.15, -0.1) is 0 Å². The van der Waals surface area contributed by atoms with Gasteiger partial charge in [-0.25, -0.2) is 4.98 Å². The molecule has 0 spiro atoms. The van der Waals surface area contributed by atoms with E-state index in [1.807, 2.05) is 13.0 Å². The quantitative estimate of drug-likeness (QED) is 0.788. The third-order valence-corrected chi connectivity index (χ3v) is 5.23. The smallest absolute Gasteiger partial charge is 0.259 e. The van der Waals surface area contributed by atoms with Gasteiger partial charge in [0.15, 0.2) is 5.82 Å². The van der Waals surface area contributed by atoms with Crippen molar-refractivity contribution in [2.75, 3.05) is 0 Å². The van der Waals surface area contributed by atoms with Crippen LogP contribution in [0, 0.1) is 6.92 Å². The Balaban J connectivity index is 1.66. The lowest BCUT2D eigenvalue weighted by atomic mass is 9.98. The summed E-state index contributed by atoms with van der Waals surface area (Å²) >= 11 is 0. The van der Waals surface area contributed by atoms with Gasteiger partial charge in [-0.1, -0.05) is 23.2 Å². The van der Waals surface area contributed by atoms with Crippen LogP contribution >= 0.6 is 0 Å². The van der Waals surface area contributed by atoms with Crippen LogP contribution in [-0.2, 0) is 5.54 Å². The van der Waals surface area contributed by atoms with Crippen molar-refractivity contribution in [2.24, 2.45) is 5.73 Å². The number of fused-ring (bicyclic) bond motifs is 1. The molecule has 2 saturated carbocycles. The Morgan fingerprint density at radius 1 is 1.12 bits per heavy atom. The van der Waals surface area contributed by atoms with Crippen LogP contribution in [0.1, 0.15) is 61.7 Å². The summed E-state index contributed by atoms with van der Waals surface area (Å²) in [4.78, 5) is 9.22. The maximum Gasteiger partial charge on any atom is 0.259 e. The Bertz CT molecular complexity index is 918. The minimum atomic E-state index is -0.461. The summed E-state index contributed by atoms with van der Waals surface area (Å²) in [5, 5.41) is 9.06. The lowest BCUT2D eigenvalue weighted by Crippen LogP contribution is -2.34. The lowest BCUT2D eigenvalue weighted by molar-refractivity contribution is 0.373. The van der Waals surface area contributed by atoms with E-state index < -0.39 is 5.54 Å². The largest absolute Gasteiger partial charge is 0.336 e. The van der Waals surface area contributed by atoms with Crippen LogP contribution in [0.5, 0.6) is 0 Å². The van der Waals surface area contributed by atoms with Gasteiger partial charge < -0.3 is 14.8 Å². The molecule has 2 aliphatic rings. The standard InChI is InChI=1S/C17H19N5O2/c1-9-13-11(8-12(10-4-5-10)19-15(13)24-21-9)14-20-16(22-23-14)17(18)6-2-3-7-17/h8,10H,2-7,18H2,1H3. The second-order valence-corrected chi connectivity index (χ2v) is 7.10. The molecule has 2 aliphatic carbocycles. The van der Waals surface area contributed by atoms with Crippen LogP contribution in [0.3, 0.4) is 0 Å². The molecule has 0 atom stereocenters. The summed E-state index contributed by atoms with van der Waals surface area (Å²) in [6.45, 7) is 1.90. The van der Waals surface area contributed by atoms with Crippen LogP contribution in [0.15, 0.2) is 15.1 Å². The van der Waals surface area contributed by atoms with Gasteiger partial charge in [0.1, 0.15) is 0 Å². The summed E-state index contributed by atoms with van der Waals surface area (Å²) < 4.78 is 11.0. The third kappa shape index (κ3) is 2.07. The van der Waals surface area contributed by atoms with E-state index in [9.17, 15) is 0 Å². The van der Waals surface area contributed by atoms with Crippen molar-refractivity contribution in [2.45, 2.75) is 56.9 Å². The molecule has 24 heavy (non-hydrogen) atoms. The summed E-state index contributed by atoms with van der Waals surface area (Å²) in [5.41, 5.74) is 9.16. The van der Waals surface area contributed by atoms with Gasteiger partial charge in [-0.3, -0.25) is 0 Å². The highest BCUT2D eigenvalue weighted by atomic mass is 16.5. The van der Waals surface area contributed by atoms with Crippen LogP contribution in [0.25, 0.3) is 22.6 Å². The zero-order valence-corrected chi connectivity index (χ0v) is 13.6. The van der Waals surface area contributed by atoms with Gasteiger partial charge in [0.25, 0.3) is 11.6 Å². The van der Waals surface area contributed by atoms with Crippen molar-refractivity contribution in [1.29, 1.82) is 0 Å². The van der Waals surface area contributed by atoms with Gasteiger partial charge >= 0.3 is 0 Å². The highest BCUT2D eigenvalue weighted by molar-refractivity contribution is 5.91. The molecule has 0 radical (unpaired) electrons. The normalized spacial score (nSPS) is 20.1. The first-order chi connectivity index (χ1) is 11.6. The molecule has 2 N–H and O–H groups in total. The summed E-state index contributed by atoms with van der Waals surface area (Å²) in [5.74, 6) is 1.57. The molecule has 0 aliphatic heterocycles. The molecule has 0 amide bonds. The molecular formula is C17H19N5O2. The van der Waals surface area contributed by atoms with Gasteiger partial charge in [0.2, 0.25) is 0 Å². The highest BCUT2D eigenvalue weighted by Gasteiger charge is 2.36. The molecule has 3 aromatic rings. The molecule has 0 aromatic carbocycles. The molecule has 0 unspecified atom stereocenters. The molecule has 124 valence electrons. The number of hydrogen-bond donors (Lipinski definition) is 1. The summed E-state index contributed by atoms with van der Waals surface area (Å²) in [7, 11) is 0. The Labute approximate surface area is 138 Å². The maximum atomic E-state index is 6.45. The maximum absolute atomic E-state index is 6.45. The third-order valence-electron chi connectivity index (χ3n) is 5.23. The topological polar surface area (TPSA) is 104 Å². The minimum Gasteiger partial charge on any atom is -0.336 e. The zero-order valence-electron chi connectivity index (χ0n) is 13.6. The van der Waals surface area contributed by atoms with E-state index in [4.69, 9.17) is 14.8 Å². The summed E-state index contributed by atoms with van der Waals surface area (Å²) in [6.07, 6.45) is 6.33. The van der Waals surface area contributed by atoms with Crippen LogP contribution in [0.4, 0.5) is 0 Å². The van der Waals surface area contributed by atoms with E-state index >= 15 is 0 Å². The van der Waals surface area contributed by atoms with Crippen LogP contribution < -0.4 is 5.73 Å². The van der Waals surface area contributed by atoms with E-state index in [0.29, 0.717) is 23.3 Å². The molecule has 0 saturated heterocycles. The fourth-order valence-corrected chi connectivity index (χ4v) is 3.64. The average molecular weight is 325 g/mol. The number of nitrogens with two attached hydrogens (primary N) is 1. The SMILES string of the molecule is Cc1noc2nc(C3CC3)cc(-c3nc(C4(N)CCCC4)no3)c12. The van der Waals surface area contributed by atoms with Gasteiger partial charge in [-0.2, -0.15) is 4.98 Å².